The number of rotatable bonds is 2. The molecule has 19 heavy (non-hydrogen) atoms. The van der Waals surface area contributed by atoms with Gasteiger partial charge in [0.15, 0.2) is 10.8 Å². The summed E-state index contributed by atoms with van der Waals surface area (Å²) in [6.45, 7) is 0. The average Bonchev–Trinajstić information content (AvgIpc) is 2.70. The van der Waals surface area contributed by atoms with Crippen LogP contribution in [0.4, 0.5) is 18.3 Å². The Bertz CT molecular complexity index is 620. The minimum Gasteiger partial charge on any atom is -0.476 e. The fraction of sp³-hybridized carbons (Fsp3) is 0.0909. The van der Waals surface area contributed by atoms with Gasteiger partial charge >= 0.3 is 12.1 Å². The second kappa shape index (κ2) is 4.54. The van der Waals surface area contributed by atoms with Gasteiger partial charge in [-0.1, -0.05) is 23.5 Å². The molecule has 8 heteroatoms. The molecule has 0 spiro atoms. The number of aromatic nitrogens is 1. The van der Waals surface area contributed by atoms with E-state index in [1.165, 1.54) is 12.1 Å². The molecule has 2 rings (SSSR count). The molecule has 100 valence electrons. The van der Waals surface area contributed by atoms with E-state index in [2.05, 4.69) is 4.98 Å². The lowest BCUT2D eigenvalue weighted by Gasteiger charge is -2.06. The number of carbonyl (C=O) groups is 1. The molecule has 0 radical (unpaired) electrons. The number of hydrogen-bond acceptors (Lipinski definition) is 4. The summed E-state index contributed by atoms with van der Waals surface area (Å²) in [4.78, 5) is 14.8. The summed E-state index contributed by atoms with van der Waals surface area (Å²) >= 11 is 0.914. The molecule has 1 aromatic carbocycles. The molecule has 0 bridgehead atoms. The Hall–Kier alpha value is -2.09. The fourth-order valence-electron chi connectivity index (χ4n) is 1.49. The van der Waals surface area contributed by atoms with Gasteiger partial charge in [-0.2, -0.15) is 13.2 Å². The van der Waals surface area contributed by atoms with Crippen molar-refractivity contribution in [2.45, 2.75) is 6.18 Å². The monoisotopic (exact) mass is 288 g/mol. The first-order valence-electron chi connectivity index (χ1n) is 4.96. The highest BCUT2D eigenvalue weighted by atomic mass is 32.1. The maximum atomic E-state index is 12.4. The molecule has 0 atom stereocenters. The summed E-state index contributed by atoms with van der Waals surface area (Å²) < 4.78 is 37.2. The molecule has 3 N–H and O–H groups in total. The number of nitrogens with zero attached hydrogens (tertiary/aromatic N) is 1. The van der Waals surface area contributed by atoms with Crippen LogP contribution in [0, 0.1) is 0 Å². The van der Waals surface area contributed by atoms with Crippen LogP contribution in [0.25, 0.3) is 10.4 Å². The lowest BCUT2D eigenvalue weighted by molar-refractivity contribution is -0.137. The van der Waals surface area contributed by atoms with Crippen LogP contribution in [0.2, 0.25) is 0 Å². The lowest BCUT2D eigenvalue weighted by Crippen LogP contribution is -2.04. The van der Waals surface area contributed by atoms with E-state index in [9.17, 15) is 18.0 Å². The highest BCUT2D eigenvalue weighted by molar-refractivity contribution is 7.19. The number of carboxylic acid groups (broad SMARTS) is 1. The number of halogens is 3. The second-order valence-corrected chi connectivity index (χ2v) is 4.64. The number of nitrogens with two attached hydrogens (primary N) is 1. The summed E-state index contributed by atoms with van der Waals surface area (Å²) in [5, 5.41) is 8.98. The average molecular weight is 288 g/mol. The molecule has 4 nitrogen and oxygen atoms in total. The van der Waals surface area contributed by atoms with E-state index in [0.29, 0.717) is 5.56 Å². The summed E-state index contributed by atoms with van der Waals surface area (Å²) in [7, 11) is 0. The zero-order chi connectivity index (χ0) is 14.2. The van der Waals surface area contributed by atoms with E-state index >= 15 is 0 Å². The van der Waals surface area contributed by atoms with Gasteiger partial charge in [0.1, 0.15) is 0 Å². The Morgan fingerprint density at radius 1 is 1.26 bits per heavy atom. The van der Waals surface area contributed by atoms with Crippen molar-refractivity contribution < 1.29 is 23.1 Å². The Morgan fingerprint density at radius 2 is 1.84 bits per heavy atom. The lowest BCUT2D eigenvalue weighted by atomic mass is 10.1. The maximum absolute atomic E-state index is 12.4. The molecule has 0 saturated carbocycles. The van der Waals surface area contributed by atoms with Crippen molar-refractivity contribution in [1.29, 1.82) is 0 Å². The third-order valence-corrected chi connectivity index (χ3v) is 3.25. The summed E-state index contributed by atoms with van der Waals surface area (Å²) in [6.07, 6.45) is -4.43. The van der Waals surface area contributed by atoms with Crippen LogP contribution >= 0.6 is 11.3 Å². The molecule has 1 heterocycles. The first-order chi connectivity index (χ1) is 8.79. The molecule has 0 amide bonds. The first kappa shape index (κ1) is 13.3. The van der Waals surface area contributed by atoms with Crippen LogP contribution in [0.1, 0.15) is 16.1 Å². The van der Waals surface area contributed by atoms with E-state index in [1.54, 1.807) is 0 Å². The molecule has 0 aliphatic rings. The number of aromatic carboxylic acids is 1. The van der Waals surface area contributed by atoms with E-state index in [1.807, 2.05) is 0 Å². The van der Waals surface area contributed by atoms with Crippen molar-refractivity contribution in [3.8, 4) is 10.4 Å². The van der Waals surface area contributed by atoms with Gasteiger partial charge in [0.25, 0.3) is 0 Å². The minimum atomic E-state index is -4.43. The maximum Gasteiger partial charge on any atom is 0.416 e. The first-order valence-corrected chi connectivity index (χ1v) is 5.78. The minimum absolute atomic E-state index is 0.0484. The van der Waals surface area contributed by atoms with Gasteiger partial charge in [0, 0.05) is 0 Å². The molecule has 0 saturated heterocycles. The highest BCUT2D eigenvalue weighted by Crippen LogP contribution is 2.34. The second-order valence-electron chi connectivity index (χ2n) is 3.61. The largest absolute Gasteiger partial charge is 0.476 e. The summed E-state index contributed by atoms with van der Waals surface area (Å²) in [5.41, 5.74) is 4.69. The Kier molecular flexibility index (Phi) is 3.19. The van der Waals surface area contributed by atoms with Gasteiger partial charge in [-0.3, -0.25) is 0 Å². The number of carboxylic acids is 1. The topological polar surface area (TPSA) is 76.2 Å². The van der Waals surface area contributed by atoms with Crippen LogP contribution < -0.4 is 5.73 Å². The summed E-state index contributed by atoms with van der Waals surface area (Å²) in [6, 6.07) is 4.16. The third-order valence-electron chi connectivity index (χ3n) is 2.32. The number of nitrogen functional groups attached to an aromatic ring is 1. The van der Waals surface area contributed by atoms with Crippen molar-refractivity contribution in [2.75, 3.05) is 5.73 Å². The number of anilines is 1. The smallest absolute Gasteiger partial charge is 0.416 e. The van der Waals surface area contributed by atoms with Crippen molar-refractivity contribution in [1.82, 2.24) is 4.98 Å². The molecule has 0 unspecified atom stereocenters. The molecular weight excluding hydrogens is 281 g/mol. The van der Waals surface area contributed by atoms with E-state index in [0.717, 1.165) is 23.5 Å². The van der Waals surface area contributed by atoms with Gasteiger partial charge in [-0.05, 0) is 17.7 Å². The number of benzene rings is 1. The van der Waals surface area contributed by atoms with Crippen molar-refractivity contribution >= 4 is 22.4 Å². The quantitative estimate of drug-likeness (QED) is 0.890. The van der Waals surface area contributed by atoms with Gasteiger partial charge in [0.05, 0.1) is 10.4 Å². The molecule has 2 aromatic rings. The molecule has 0 aliphatic carbocycles. The van der Waals surface area contributed by atoms with Crippen LogP contribution in [-0.4, -0.2) is 16.1 Å². The van der Waals surface area contributed by atoms with Gasteiger partial charge in [-0.15, -0.1) is 0 Å². The number of alkyl halides is 3. The van der Waals surface area contributed by atoms with Crippen molar-refractivity contribution in [2.24, 2.45) is 0 Å². The van der Waals surface area contributed by atoms with E-state index < -0.39 is 17.7 Å². The van der Waals surface area contributed by atoms with Crippen LogP contribution in [0.15, 0.2) is 24.3 Å². The zero-order valence-corrected chi connectivity index (χ0v) is 10.0. The Morgan fingerprint density at radius 3 is 2.32 bits per heavy atom. The molecule has 0 aliphatic heterocycles. The standard InChI is InChI=1S/C11H7F3N2O2S/c12-11(13,14)6-3-1-5(2-4-6)8-7(9(17)18)16-10(15)19-8/h1-4H,(H2,15,16)(H,17,18). The van der Waals surface area contributed by atoms with Crippen LogP contribution in [-0.2, 0) is 6.18 Å². The molecule has 1 aromatic heterocycles. The Balaban J connectivity index is 2.46. The van der Waals surface area contributed by atoms with E-state index in [-0.39, 0.29) is 15.7 Å². The predicted molar refractivity (Wildman–Crippen MR) is 63.9 cm³/mol. The zero-order valence-electron chi connectivity index (χ0n) is 9.23. The molecular formula is C11H7F3N2O2S. The van der Waals surface area contributed by atoms with Crippen molar-refractivity contribution in [3.05, 3.63) is 35.5 Å². The number of thiazole rings is 1. The van der Waals surface area contributed by atoms with Crippen LogP contribution in [0.3, 0.4) is 0 Å². The fourth-order valence-corrected chi connectivity index (χ4v) is 2.32. The molecule has 0 fully saturated rings. The predicted octanol–water partition coefficient (Wildman–Crippen LogP) is 3.11. The highest BCUT2D eigenvalue weighted by Gasteiger charge is 2.30. The van der Waals surface area contributed by atoms with Crippen LogP contribution in [0.5, 0.6) is 0 Å². The SMILES string of the molecule is Nc1nc(C(=O)O)c(-c2ccc(C(F)(F)F)cc2)s1. The van der Waals surface area contributed by atoms with Gasteiger partial charge < -0.3 is 10.8 Å². The van der Waals surface area contributed by atoms with Gasteiger partial charge in [-0.25, -0.2) is 9.78 Å². The normalized spacial score (nSPS) is 11.5. The van der Waals surface area contributed by atoms with Gasteiger partial charge in [0.2, 0.25) is 0 Å². The Labute approximate surface area is 109 Å². The summed E-state index contributed by atoms with van der Waals surface area (Å²) in [5.74, 6) is -1.28. The van der Waals surface area contributed by atoms with Crippen molar-refractivity contribution in [3.63, 3.8) is 0 Å². The van der Waals surface area contributed by atoms with E-state index in [4.69, 9.17) is 10.8 Å². The third kappa shape index (κ3) is 2.68. The number of hydrogen-bond donors (Lipinski definition) is 2.